The van der Waals surface area contributed by atoms with E-state index in [0.717, 1.165) is 29.7 Å². The van der Waals surface area contributed by atoms with Crippen molar-refractivity contribution in [3.8, 4) is 17.2 Å². The fraction of sp³-hybridized carbons (Fsp3) is 0.333. The number of aliphatic hydroxyl groups is 1. The molecule has 1 heterocycles. The van der Waals surface area contributed by atoms with Crippen LogP contribution in [-0.4, -0.2) is 37.4 Å². The summed E-state index contributed by atoms with van der Waals surface area (Å²) in [5.41, 5.74) is 0.926. The highest BCUT2D eigenvalue weighted by Crippen LogP contribution is 2.37. The first kappa shape index (κ1) is 19.1. The minimum absolute atomic E-state index is 0.0558. The predicted octanol–water partition coefficient (Wildman–Crippen LogP) is 1.70. The third-order valence-electron chi connectivity index (χ3n) is 5.23. The second kappa shape index (κ2) is 7.63. The summed E-state index contributed by atoms with van der Waals surface area (Å²) in [4.78, 5) is 24.5. The molecule has 1 atom stereocenters. The number of methoxy groups -OCH3 is 1. The number of ether oxygens (including phenoxy) is 3. The van der Waals surface area contributed by atoms with Crippen molar-refractivity contribution in [2.75, 3.05) is 25.8 Å². The van der Waals surface area contributed by atoms with Crippen molar-refractivity contribution in [3.05, 3.63) is 47.5 Å². The molecule has 1 aliphatic carbocycles. The lowest BCUT2D eigenvalue weighted by molar-refractivity contribution is -0.137. The van der Waals surface area contributed by atoms with E-state index < -0.39 is 17.4 Å². The van der Waals surface area contributed by atoms with Crippen LogP contribution < -0.4 is 24.8 Å². The van der Waals surface area contributed by atoms with Crippen LogP contribution in [-0.2, 0) is 21.6 Å². The van der Waals surface area contributed by atoms with E-state index in [-0.39, 0.29) is 13.3 Å². The molecule has 2 aliphatic rings. The number of rotatable bonds is 4. The molecule has 1 aliphatic heterocycles. The lowest BCUT2D eigenvalue weighted by Crippen LogP contribution is -2.46. The SMILES string of the molecule is COc1ccc2c(c1)CCCC2(O)CNC(=O)C(=O)Nc1ccc2c(c1)OCO2. The highest BCUT2D eigenvalue weighted by molar-refractivity contribution is 6.39. The van der Waals surface area contributed by atoms with Gasteiger partial charge in [0, 0.05) is 11.8 Å². The number of nitrogens with one attached hydrogen (secondary N) is 2. The predicted molar refractivity (Wildman–Crippen MR) is 104 cm³/mol. The molecule has 2 aromatic carbocycles. The average molecular weight is 398 g/mol. The summed E-state index contributed by atoms with van der Waals surface area (Å²) in [6, 6.07) is 10.4. The molecule has 8 nitrogen and oxygen atoms in total. The van der Waals surface area contributed by atoms with Gasteiger partial charge in [0.05, 0.1) is 13.7 Å². The van der Waals surface area contributed by atoms with Gasteiger partial charge in [0.2, 0.25) is 6.79 Å². The summed E-state index contributed by atoms with van der Waals surface area (Å²) in [6.45, 7) is 0.0683. The largest absolute Gasteiger partial charge is 0.497 e. The number of carbonyl (C=O) groups is 2. The van der Waals surface area contributed by atoms with Crippen LogP contribution in [0.5, 0.6) is 17.2 Å². The summed E-state index contributed by atoms with van der Waals surface area (Å²) < 4.78 is 15.7. The van der Waals surface area contributed by atoms with E-state index in [1.165, 1.54) is 0 Å². The third-order valence-corrected chi connectivity index (χ3v) is 5.23. The first-order valence-electron chi connectivity index (χ1n) is 9.37. The van der Waals surface area contributed by atoms with E-state index in [2.05, 4.69) is 10.6 Å². The monoisotopic (exact) mass is 398 g/mol. The molecule has 0 bridgehead atoms. The zero-order chi connectivity index (χ0) is 20.4. The number of hydrogen-bond donors (Lipinski definition) is 3. The molecular weight excluding hydrogens is 376 g/mol. The van der Waals surface area contributed by atoms with Crippen molar-refractivity contribution >= 4 is 17.5 Å². The average Bonchev–Trinajstić information content (AvgIpc) is 3.19. The molecule has 0 spiro atoms. The second-order valence-electron chi connectivity index (χ2n) is 7.11. The van der Waals surface area contributed by atoms with Crippen LogP contribution in [0.4, 0.5) is 5.69 Å². The fourth-order valence-corrected chi connectivity index (χ4v) is 3.72. The number of fused-ring (bicyclic) bond motifs is 2. The highest BCUT2D eigenvalue weighted by Gasteiger charge is 2.35. The van der Waals surface area contributed by atoms with Gasteiger partial charge in [-0.3, -0.25) is 9.59 Å². The fourth-order valence-electron chi connectivity index (χ4n) is 3.72. The van der Waals surface area contributed by atoms with Gasteiger partial charge in [0.1, 0.15) is 11.4 Å². The van der Waals surface area contributed by atoms with Crippen LogP contribution in [0.15, 0.2) is 36.4 Å². The first-order chi connectivity index (χ1) is 14.0. The summed E-state index contributed by atoms with van der Waals surface area (Å²) in [5.74, 6) is 0.170. The second-order valence-corrected chi connectivity index (χ2v) is 7.11. The van der Waals surface area contributed by atoms with Crippen molar-refractivity contribution in [2.24, 2.45) is 0 Å². The number of carbonyl (C=O) groups excluding carboxylic acids is 2. The van der Waals surface area contributed by atoms with E-state index in [1.807, 2.05) is 12.1 Å². The molecule has 0 radical (unpaired) electrons. The molecule has 3 N–H and O–H groups in total. The normalized spacial score (nSPS) is 19.2. The molecule has 8 heteroatoms. The van der Waals surface area contributed by atoms with Gasteiger partial charge < -0.3 is 30.0 Å². The van der Waals surface area contributed by atoms with Crippen LogP contribution in [0.3, 0.4) is 0 Å². The van der Waals surface area contributed by atoms with Crippen molar-refractivity contribution < 1.29 is 28.9 Å². The standard InChI is InChI=1S/C21H22N2O6/c1-27-15-5-6-16-13(9-15)3-2-8-21(16,26)11-22-19(24)20(25)23-14-4-7-17-18(10-14)29-12-28-17/h4-7,9-10,26H,2-3,8,11-12H2,1H3,(H,22,24)(H,23,25). The zero-order valence-corrected chi connectivity index (χ0v) is 16.0. The number of amides is 2. The molecule has 2 amide bonds. The molecule has 0 aromatic heterocycles. The smallest absolute Gasteiger partial charge is 0.313 e. The number of hydrogen-bond acceptors (Lipinski definition) is 6. The molecule has 0 fully saturated rings. The number of aryl methyl sites for hydroxylation is 1. The molecular formula is C21H22N2O6. The minimum atomic E-state index is -1.23. The van der Waals surface area contributed by atoms with Crippen LogP contribution in [0.2, 0.25) is 0 Å². The first-order valence-corrected chi connectivity index (χ1v) is 9.37. The Kier molecular flexibility index (Phi) is 5.02. The van der Waals surface area contributed by atoms with E-state index in [4.69, 9.17) is 14.2 Å². The lowest BCUT2D eigenvalue weighted by atomic mass is 9.79. The maximum atomic E-state index is 12.3. The quantitative estimate of drug-likeness (QED) is 0.677. The van der Waals surface area contributed by atoms with Gasteiger partial charge in [0.15, 0.2) is 11.5 Å². The number of anilines is 1. The molecule has 0 saturated heterocycles. The molecule has 4 rings (SSSR count). The van der Waals surface area contributed by atoms with Crippen molar-refractivity contribution in [2.45, 2.75) is 24.9 Å². The number of benzene rings is 2. The highest BCUT2D eigenvalue weighted by atomic mass is 16.7. The molecule has 29 heavy (non-hydrogen) atoms. The van der Waals surface area contributed by atoms with Crippen molar-refractivity contribution in [1.82, 2.24) is 5.32 Å². The summed E-state index contributed by atoms with van der Waals surface area (Å²) in [7, 11) is 1.59. The van der Waals surface area contributed by atoms with E-state index in [1.54, 1.807) is 31.4 Å². The van der Waals surface area contributed by atoms with Crippen molar-refractivity contribution in [1.29, 1.82) is 0 Å². The Hall–Kier alpha value is -3.26. The van der Waals surface area contributed by atoms with Gasteiger partial charge in [0.25, 0.3) is 0 Å². The van der Waals surface area contributed by atoms with Gasteiger partial charge in [-0.2, -0.15) is 0 Å². The van der Waals surface area contributed by atoms with E-state index in [9.17, 15) is 14.7 Å². The van der Waals surface area contributed by atoms with Gasteiger partial charge in [-0.05, 0) is 54.7 Å². The minimum Gasteiger partial charge on any atom is -0.497 e. The Morgan fingerprint density at radius 3 is 2.79 bits per heavy atom. The summed E-state index contributed by atoms with van der Waals surface area (Å²) >= 11 is 0. The molecule has 1 unspecified atom stereocenters. The Balaban J connectivity index is 1.40. The maximum absolute atomic E-state index is 12.3. The Labute approximate surface area is 167 Å². The van der Waals surface area contributed by atoms with Crippen molar-refractivity contribution in [3.63, 3.8) is 0 Å². The summed E-state index contributed by atoms with van der Waals surface area (Å²) in [5, 5.41) is 16.2. The topological polar surface area (TPSA) is 106 Å². The third kappa shape index (κ3) is 3.84. The Morgan fingerprint density at radius 2 is 1.97 bits per heavy atom. The van der Waals surface area contributed by atoms with E-state index in [0.29, 0.717) is 23.6 Å². The zero-order valence-electron chi connectivity index (χ0n) is 16.0. The molecule has 152 valence electrons. The van der Waals surface area contributed by atoms with Gasteiger partial charge in [-0.15, -0.1) is 0 Å². The van der Waals surface area contributed by atoms with Crippen LogP contribution in [0.25, 0.3) is 0 Å². The maximum Gasteiger partial charge on any atom is 0.313 e. The van der Waals surface area contributed by atoms with Crippen LogP contribution in [0.1, 0.15) is 24.0 Å². The lowest BCUT2D eigenvalue weighted by Gasteiger charge is -2.34. The molecule has 0 saturated carbocycles. The van der Waals surface area contributed by atoms with Crippen LogP contribution in [0, 0.1) is 0 Å². The van der Waals surface area contributed by atoms with Gasteiger partial charge in [-0.25, -0.2) is 0 Å². The Bertz CT molecular complexity index is 960. The molecule has 2 aromatic rings. The summed E-state index contributed by atoms with van der Waals surface area (Å²) in [6.07, 6.45) is 2.10. The van der Waals surface area contributed by atoms with Gasteiger partial charge in [-0.1, -0.05) is 6.07 Å². The Morgan fingerprint density at radius 1 is 1.14 bits per heavy atom. The van der Waals surface area contributed by atoms with Crippen LogP contribution >= 0.6 is 0 Å². The van der Waals surface area contributed by atoms with Gasteiger partial charge >= 0.3 is 11.8 Å². The van der Waals surface area contributed by atoms with E-state index >= 15 is 0 Å².